The van der Waals surface area contributed by atoms with Crippen LogP contribution >= 0.6 is 27.5 Å². The average molecular weight is 374 g/mol. The van der Waals surface area contributed by atoms with Gasteiger partial charge in [0.1, 0.15) is 5.82 Å². The van der Waals surface area contributed by atoms with Crippen molar-refractivity contribution in [1.29, 1.82) is 0 Å². The van der Waals surface area contributed by atoms with Crippen molar-refractivity contribution < 1.29 is 14.1 Å². The van der Waals surface area contributed by atoms with Crippen LogP contribution in [0.3, 0.4) is 0 Å². The van der Waals surface area contributed by atoms with Crippen molar-refractivity contribution in [2.45, 2.75) is 0 Å². The highest BCUT2D eigenvalue weighted by Crippen LogP contribution is 2.26. The Morgan fingerprint density at radius 3 is 2.62 bits per heavy atom. The molecule has 0 aliphatic rings. The Labute approximate surface area is 132 Å². The summed E-state index contributed by atoms with van der Waals surface area (Å²) in [7, 11) is 0. The zero-order valence-corrected chi connectivity index (χ0v) is 12.6. The monoisotopic (exact) mass is 372 g/mol. The fourth-order valence-corrected chi connectivity index (χ4v) is 2.08. The average Bonchev–Trinajstić information content (AvgIpc) is 2.42. The topological polar surface area (TPSA) is 72.2 Å². The van der Waals surface area contributed by atoms with Crippen LogP contribution in [0.25, 0.3) is 0 Å². The second kappa shape index (κ2) is 6.19. The fourth-order valence-electron chi connectivity index (χ4n) is 1.59. The quantitative estimate of drug-likeness (QED) is 0.640. The minimum Gasteiger partial charge on any atom is -0.322 e. The molecule has 0 atom stereocenters. The molecule has 2 aromatic carbocycles. The molecule has 108 valence electrons. The fraction of sp³-hybridized carbons (Fsp3) is 0. The van der Waals surface area contributed by atoms with Gasteiger partial charge in [0.25, 0.3) is 11.6 Å². The zero-order chi connectivity index (χ0) is 15.6. The van der Waals surface area contributed by atoms with E-state index in [1.165, 1.54) is 0 Å². The smallest absolute Gasteiger partial charge is 0.273 e. The van der Waals surface area contributed by atoms with Gasteiger partial charge >= 0.3 is 0 Å². The molecule has 0 aliphatic heterocycles. The van der Waals surface area contributed by atoms with Gasteiger partial charge in [-0.25, -0.2) is 4.39 Å². The van der Waals surface area contributed by atoms with E-state index in [4.69, 9.17) is 11.6 Å². The van der Waals surface area contributed by atoms with Crippen molar-refractivity contribution in [2.24, 2.45) is 0 Å². The first-order valence-corrected chi connectivity index (χ1v) is 6.75. The number of halogens is 3. The molecule has 0 bridgehead atoms. The Hall–Kier alpha value is -1.99. The van der Waals surface area contributed by atoms with Crippen LogP contribution < -0.4 is 5.32 Å². The predicted molar refractivity (Wildman–Crippen MR) is 80.2 cm³/mol. The summed E-state index contributed by atoms with van der Waals surface area (Å²) in [6.07, 6.45) is 0. The van der Waals surface area contributed by atoms with Crippen molar-refractivity contribution in [3.63, 3.8) is 0 Å². The minimum absolute atomic E-state index is 0.146. The van der Waals surface area contributed by atoms with E-state index in [0.717, 1.165) is 18.2 Å². The van der Waals surface area contributed by atoms with E-state index in [1.807, 2.05) is 0 Å². The highest BCUT2D eigenvalue weighted by molar-refractivity contribution is 9.10. The van der Waals surface area contributed by atoms with E-state index in [2.05, 4.69) is 21.2 Å². The number of amides is 1. The Morgan fingerprint density at radius 1 is 1.29 bits per heavy atom. The summed E-state index contributed by atoms with van der Waals surface area (Å²) in [6.45, 7) is 0. The van der Waals surface area contributed by atoms with Crippen molar-refractivity contribution in [3.05, 3.63) is 67.4 Å². The number of nitrogens with one attached hydrogen (secondary N) is 1. The molecule has 0 fully saturated rings. The Balaban J connectivity index is 2.27. The summed E-state index contributed by atoms with van der Waals surface area (Å²) >= 11 is 9.03. The van der Waals surface area contributed by atoms with Crippen LogP contribution in [0, 0.1) is 15.9 Å². The molecular formula is C13H7BrClFN2O3. The summed E-state index contributed by atoms with van der Waals surface area (Å²) in [5.74, 6) is -1.52. The maximum atomic E-state index is 13.3. The molecule has 5 nitrogen and oxygen atoms in total. The molecule has 0 saturated heterocycles. The van der Waals surface area contributed by atoms with Gasteiger partial charge in [-0.2, -0.15) is 0 Å². The maximum absolute atomic E-state index is 13.3. The van der Waals surface area contributed by atoms with Crippen LogP contribution in [0.2, 0.25) is 5.02 Å². The van der Waals surface area contributed by atoms with Crippen LogP contribution in [0.4, 0.5) is 15.8 Å². The standard InChI is InChI=1S/C13H7BrClFN2O3/c14-11-6-9(1-2-12(11)15)17-13(19)7-3-8(16)5-10(4-7)18(20)21/h1-6H,(H,17,19). The number of anilines is 1. The summed E-state index contributed by atoms with van der Waals surface area (Å²) in [5.41, 5.74) is -0.214. The Bertz CT molecular complexity index is 739. The molecule has 1 amide bonds. The van der Waals surface area contributed by atoms with E-state index >= 15 is 0 Å². The lowest BCUT2D eigenvalue weighted by Gasteiger charge is -2.06. The number of hydrogen-bond acceptors (Lipinski definition) is 3. The molecule has 2 aromatic rings. The minimum atomic E-state index is -0.855. The molecule has 21 heavy (non-hydrogen) atoms. The van der Waals surface area contributed by atoms with Gasteiger partial charge in [0.2, 0.25) is 0 Å². The SMILES string of the molecule is O=C(Nc1ccc(Cl)c(Br)c1)c1cc(F)cc([N+](=O)[O-])c1. The number of nitrogens with zero attached hydrogens (tertiary/aromatic N) is 1. The van der Waals surface area contributed by atoms with Gasteiger partial charge in [-0.05, 0) is 40.2 Å². The number of rotatable bonds is 3. The molecule has 0 radical (unpaired) electrons. The van der Waals surface area contributed by atoms with Crippen LogP contribution in [-0.4, -0.2) is 10.8 Å². The lowest BCUT2D eigenvalue weighted by Crippen LogP contribution is -2.12. The van der Waals surface area contributed by atoms with Gasteiger partial charge in [0, 0.05) is 21.8 Å². The second-order valence-electron chi connectivity index (χ2n) is 4.04. The molecule has 0 unspecified atom stereocenters. The molecule has 0 aromatic heterocycles. The number of nitro benzene ring substituents is 1. The van der Waals surface area contributed by atoms with Gasteiger partial charge in [-0.1, -0.05) is 11.6 Å². The highest BCUT2D eigenvalue weighted by Gasteiger charge is 2.15. The van der Waals surface area contributed by atoms with Crippen LogP contribution in [0.15, 0.2) is 40.9 Å². The van der Waals surface area contributed by atoms with E-state index < -0.39 is 22.3 Å². The summed E-state index contributed by atoms with van der Waals surface area (Å²) in [5, 5.41) is 13.6. The van der Waals surface area contributed by atoms with Gasteiger partial charge in [0.15, 0.2) is 0 Å². The number of non-ortho nitro benzene ring substituents is 1. The Kier molecular flexibility index (Phi) is 4.54. The molecule has 0 heterocycles. The molecule has 0 saturated carbocycles. The van der Waals surface area contributed by atoms with Crippen molar-refractivity contribution >= 4 is 44.8 Å². The zero-order valence-electron chi connectivity index (χ0n) is 10.3. The van der Waals surface area contributed by atoms with E-state index in [-0.39, 0.29) is 5.56 Å². The van der Waals surface area contributed by atoms with Crippen molar-refractivity contribution in [3.8, 4) is 0 Å². The molecule has 1 N–H and O–H groups in total. The third-order valence-corrected chi connectivity index (χ3v) is 3.75. The normalized spacial score (nSPS) is 10.2. The molecule has 2 rings (SSSR count). The second-order valence-corrected chi connectivity index (χ2v) is 5.30. The molecule has 0 aliphatic carbocycles. The lowest BCUT2D eigenvalue weighted by atomic mass is 10.1. The summed E-state index contributed by atoms with van der Waals surface area (Å²) in [6, 6.07) is 7.36. The Morgan fingerprint density at radius 2 is 2.00 bits per heavy atom. The van der Waals surface area contributed by atoms with Crippen molar-refractivity contribution in [2.75, 3.05) is 5.32 Å². The first-order valence-electron chi connectivity index (χ1n) is 5.58. The molecule has 0 spiro atoms. The maximum Gasteiger partial charge on any atom is 0.273 e. The number of benzene rings is 2. The van der Waals surface area contributed by atoms with Gasteiger partial charge in [-0.3, -0.25) is 14.9 Å². The number of carbonyl (C=O) groups is 1. The van der Waals surface area contributed by atoms with Gasteiger partial charge < -0.3 is 5.32 Å². The summed E-state index contributed by atoms with van der Waals surface area (Å²) < 4.78 is 13.9. The van der Waals surface area contributed by atoms with Gasteiger partial charge in [0.05, 0.1) is 16.0 Å². The third kappa shape index (κ3) is 3.77. The van der Waals surface area contributed by atoms with Gasteiger partial charge in [-0.15, -0.1) is 0 Å². The summed E-state index contributed by atoms with van der Waals surface area (Å²) in [4.78, 5) is 21.9. The third-order valence-electron chi connectivity index (χ3n) is 2.53. The first kappa shape index (κ1) is 15.4. The van der Waals surface area contributed by atoms with E-state index in [0.29, 0.717) is 15.2 Å². The largest absolute Gasteiger partial charge is 0.322 e. The van der Waals surface area contributed by atoms with Crippen LogP contribution in [-0.2, 0) is 0 Å². The number of carbonyl (C=O) groups excluding carboxylic acids is 1. The predicted octanol–water partition coefficient (Wildman–Crippen LogP) is 4.40. The van der Waals surface area contributed by atoms with Crippen LogP contribution in [0.1, 0.15) is 10.4 Å². The lowest BCUT2D eigenvalue weighted by molar-refractivity contribution is -0.385. The molecular weight excluding hydrogens is 367 g/mol. The van der Waals surface area contributed by atoms with Crippen molar-refractivity contribution in [1.82, 2.24) is 0 Å². The van der Waals surface area contributed by atoms with E-state index in [9.17, 15) is 19.3 Å². The first-order chi connectivity index (χ1) is 9.86. The number of hydrogen-bond donors (Lipinski definition) is 1. The highest BCUT2D eigenvalue weighted by atomic mass is 79.9. The van der Waals surface area contributed by atoms with E-state index in [1.54, 1.807) is 18.2 Å². The van der Waals surface area contributed by atoms with Crippen LogP contribution in [0.5, 0.6) is 0 Å². The number of nitro groups is 1. The molecule has 8 heteroatoms.